The van der Waals surface area contributed by atoms with E-state index < -0.39 is 10.0 Å². The van der Waals surface area contributed by atoms with Crippen molar-refractivity contribution >= 4 is 33.2 Å². The average Bonchev–Trinajstić information content (AvgIpc) is 3.09. The van der Waals surface area contributed by atoms with Crippen LogP contribution >= 0.6 is 23.2 Å². The van der Waals surface area contributed by atoms with Crippen LogP contribution in [0.3, 0.4) is 0 Å². The minimum Gasteiger partial charge on any atom is -0.319 e. The summed E-state index contributed by atoms with van der Waals surface area (Å²) in [7, 11) is -1.95. The van der Waals surface area contributed by atoms with Gasteiger partial charge in [-0.1, -0.05) is 23.2 Å². The van der Waals surface area contributed by atoms with Crippen LogP contribution in [0.2, 0.25) is 10.0 Å². The van der Waals surface area contributed by atoms with Gasteiger partial charge < -0.3 is 4.57 Å². The number of nitrogens with zero attached hydrogens (tertiary/aromatic N) is 4. The Bertz CT molecular complexity index is 806. The fourth-order valence-electron chi connectivity index (χ4n) is 2.68. The maximum absolute atomic E-state index is 12.9. The smallest absolute Gasteiger partial charge is 0.245 e. The first kappa shape index (κ1) is 15.7. The van der Waals surface area contributed by atoms with E-state index in [0.29, 0.717) is 23.8 Å². The van der Waals surface area contributed by atoms with Crippen LogP contribution in [-0.2, 0) is 17.1 Å². The summed E-state index contributed by atoms with van der Waals surface area (Å²) in [5.74, 6) is 0.624. The summed E-state index contributed by atoms with van der Waals surface area (Å²) < 4.78 is 29.1. The first-order valence-corrected chi connectivity index (χ1v) is 8.91. The molecule has 118 valence electrons. The van der Waals surface area contributed by atoms with Gasteiger partial charge in [0.15, 0.2) is 5.82 Å². The van der Waals surface area contributed by atoms with Crippen LogP contribution in [0.5, 0.6) is 0 Å². The van der Waals surface area contributed by atoms with E-state index >= 15 is 0 Å². The number of aromatic nitrogens is 3. The van der Waals surface area contributed by atoms with E-state index in [0.717, 1.165) is 6.42 Å². The quantitative estimate of drug-likeness (QED) is 0.843. The van der Waals surface area contributed by atoms with Gasteiger partial charge >= 0.3 is 0 Å². The molecule has 9 heteroatoms. The molecule has 0 spiro atoms. The second-order valence-electron chi connectivity index (χ2n) is 5.15. The zero-order chi connectivity index (χ0) is 15.9. The summed E-state index contributed by atoms with van der Waals surface area (Å²) in [5.41, 5.74) is 0. The van der Waals surface area contributed by atoms with Crippen molar-refractivity contribution in [2.75, 3.05) is 6.54 Å². The van der Waals surface area contributed by atoms with Crippen molar-refractivity contribution in [3.05, 3.63) is 40.4 Å². The van der Waals surface area contributed by atoms with Gasteiger partial charge in [0.2, 0.25) is 10.0 Å². The van der Waals surface area contributed by atoms with Crippen molar-refractivity contribution in [1.29, 1.82) is 0 Å². The lowest BCUT2D eigenvalue weighted by Crippen LogP contribution is -2.32. The van der Waals surface area contributed by atoms with E-state index in [1.807, 2.05) is 0 Å². The minimum atomic E-state index is -3.75. The molecule has 1 unspecified atom stereocenters. The van der Waals surface area contributed by atoms with Crippen molar-refractivity contribution in [3.63, 3.8) is 0 Å². The number of hydrogen-bond acceptors (Lipinski definition) is 4. The molecule has 3 rings (SSSR count). The predicted molar refractivity (Wildman–Crippen MR) is 83.3 cm³/mol. The molecule has 1 fully saturated rings. The molecule has 1 aromatic heterocycles. The van der Waals surface area contributed by atoms with Crippen LogP contribution in [-0.4, -0.2) is 34.0 Å². The van der Waals surface area contributed by atoms with Crippen LogP contribution < -0.4 is 0 Å². The third-order valence-corrected chi connectivity index (χ3v) is 6.35. The van der Waals surface area contributed by atoms with Gasteiger partial charge in [-0.15, -0.1) is 10.2 Å². The van der Waals surface area contributed by atoms with Gasteiger partial charge in [-0.3, -0.25) is 0 Å². The Morgan fingerprint density at radius 2 is 2.09 bits per heavy atom. The molecular weight excluding hydrogens is 347 g/mol. The molecule has 0 bridgehead atoms. The molecule has 1 saturated heterocycles. The van der Waals surface area contributed by atoms with Crippen molar-refractivity contribution < 1.29 is 8.42 Å². The second kappa shape index (κ2) is 5.81. The zero-order valence-corrected chi connectivity index (χ0v) is 14.1. The summed E-state index contributed by atoms with van der Waals surface area (Å²) in [6.45, 7) is 0.419. The molecule has 1 aromatic carbocycles. The topological polar surface area (TPSA) is 68.1 Å². The largest absolute Gasteiger partial charge is 0.319 e. The van der Waals surface area contributed by atoms with E-state index in [4.69, 9.17) is 23.2 Å². The molecule has 6 nitrogen and oxygen atoms in total. The van der Waals surface area contributed by atoms with Gasteiger partial charge in [0.1, 0.15) is 11.2 Å². The maximum atomic E-state index is 12.9. The average molecular weight is 361 g/mol. The molecule has 0 amide bonds. The van der Waals surface area contributed by atoms with Gasteiger partial charge in [0.05, 0.1) is 11.1 Å². The third-order valence-electron chi connectivity index (χ3n) is 3.73. The summed E-state index contributed by atoms with van der Waals surface area (Å²) in [5, 5.41) is 8.37. The Balaban J connectivity index is 2.05. The molecule has 0 radical (unpaired) electrons. The third kappa shape index (κ3) is 2.62. The van der Waals surface area contributed by atoms with E-state index in [9.17, 15) is 8.42 Å². The van der Waals surface area contributed by atoms with E-state index in [1.165, 1.54) is 16.4 Å². The molecule has 1 aliphatic rings. The lowest BCUT2D eigenvalue weighted by Gasteiger charge is -2.23. The van der Waals surface area contributed by atoms with E-state index in [-0.39, 0.29) is 16.0 Å². The Hall–Kier alpha value is -1.15. The summed E-state index contributed by atoms with van der Waals surface area (Å²) in [4.78, 5) is 0.0238. The maximum Gasteiger partial charge on any atom is 0.245 e. The van der Waals surface area contributed by atoms with Crippen LogP contribution in [0.1, 0.15) is 24.7 Å². The normalized spacial score (nSPS) is 19.7. The summed E-state index contributed by atoms with van der Waals surface area (Å²) in [6.07, 6.45) is 3.02. The number of sulfonamides is 1. The molecule has 1 atom stereocenters. The van der Waals surface area contributed by atoms with Crippen LogP contribution in [0.25, 0.3) is 0 Å². The number of aryl methyl sites for hydroxylation is 1. The van der Waals surface area contributed by atoms with Gasteiger partial charge in [-0.25, -0.2) is 8.42 Å². The second-order valence-corrected chi connectivity index (χ2v) is 7.85. The molecule has 2 heterocycles. The van der Waals surface area contributed by atoms with Crippen LogP contribution in [0.15, 0.2) is 29.4 Å². The van der Waals surface area contributed by atoms with Gasteiger partial charge in [0.25, 0.3) is 0 Å². The highest BCUT2D eigenvalue weighted by molar-refractivity contribution is 7.89. The predicted octanol–water partition coefficient (Wildman–Crippen LogP) is 2.65. The minimum absolute atomic E-state index is 0.0238. The first-order valence-electron chi connectivity index (χ1n) is 6.72. The zero-order valence-electron chi connectivity index (χ0n) is 11.8. The highest BCUT2D eigenvalue weighted by Crippen LogP contribution is 2.37. The fraction of sp³-hybridized carbons (Fsp3) is 0.385. The fourth-order valence-corrected chi connectivity index (χ4v) is 5.07. The highest BCUT2D eigenvalue weighted by atomic mass is 35.5. The van der Waals surface area contributed by atoms with Gasteiger partial charge in [0, 0.05) is 18.6 Å². The van der Waals surface area contributed by atoms with Crippen molar-refractivity contribution in [2.45, 2.75) is 23.8 Å². The molecule has 0 saturated carbocycles. The van der Waals surface area contributed by atoms with Crippen LogP contribution in [0, 0.1) is 0 Å². The Morgan fingerprint density at radius 3 is 2.77 bits per heavy atom. The van der Waals surface area contributed by atoms with Crippen molar-refractivity contribution in [3.8, 4) is 0 Å². The van der Waals surface area contributed by atoms with Gasteiger partial charge in [-0.05, 0) is 31.0 Å². The molecule has 22 heavy (non-hydrogen) atoms. The first-order chi connectivity index (χ1) is 10.4. The van der Waals surface area contributed by atoms with Crippen LogP contribution in [0.4, 0.5) is 0 Å². The van der Waals surface area contributed by atoms with Crippen molar-refractivity contribution in [2.24, 2.45) is 7.05 Å². The number of rotatable bonds is 3. The molecule has 2 aromatic rings. The SMILES string of the molecule is Cn1cnnc1C1CCCN1S(=O)(=O)c1cc(Cl)ccc1Cl. The Kier molecular flexibility index (Phi) is 4.15. The highest BCUT2D eigenvalue weighted by Gasteiger charge is 2.39. The lowest BCUT2D eigenvalue weighted by molar-refractivity contribution is 0.376. The lowest BCUT2D eigenvalue weighted by atomic mass is 10.2. The van der Waals surface area contributed by atoms with Crippen molar-refractivity contribution in [1.82, 2.24) is 19.1 Å². The summed E-state index contributed by atoms with van der Waals surface area (Å²) in [6, 6.07) is 4.09. The summed E-state index contributed by atoms with van der Waals surface area (Å²) >= 11 is 12.0. The molecule has 0 N–H and O–H groups in total. The monoisotopic (exact) mass is 360 g/mol. The van der Waals surface area contributed by atoms with E-state index in [1.54, 1.807) is 24.0 Å². The number of halogens is 2. The number of hydrogen-bond donors (Lipinski definition) is 0. The molecule has 1 aliphatic heterocycles. The van der Waals surface area contributed by atoms with E-state index in [2.05, 4.69) is 10.2 Å². The molecule has 0 aliphatic carbocycles. The number of benzene rings is 1. The Labute approximate surface area is 138 Å². The Morgan fingerprint density at radius 1 is 1.32 bits per heavy atom. The van der Waals surface area contributed by atoms with Gasteiger partial charge in [-0.2, -0.15) is 4.31 Å². The molecular formula is C13H14Cl2N4O2S. The standard InChI is InChI=1S/C13H14Cl2N4O2S/c1-18-8-16-17-13(18)11-3-2-6-19(11)22(20,21)12-7-9(14)4-5-10(12)15/h4-5,7-8,11H,2-3,6H2,1H3.